The number of aryl methyl sites for hydroxylation is 1. The van der Waals surface area contributed by atoms with Gasteiger partial charge in [0.1, 0.15) is 5.76 Å². The zero-order valence-electron chi connectivity index (χ0n) is 13.1. The lowest BCUT2D eigenvalue weighted by molar-refractivity contribution is 0.0160. The number of hydrogen-bond donors (Lipinski definition) is 1. The third-order valence-electron chi connectivity index (χ3n) is 4.17. The predicted octanol–water partition coefficient (Wildman–Crippen LogP) is 2.75. The van der Waals surface area contributed by atoms with Gasteiger partial charge in [0, 0.05) is 25.7 Å². The molecule has 0 saturated carbocycles. The van der Waals surface area contributed by atoms with Crippen LogP contribution in [0.2, 0.25) is 0 Å². The molecule has 1 aliphatic rings. The Labute approximate surface area is 132 Å². The molecule has 0 aliphatic carbocycles. The second kappa shape index (κ2) is 7.58. The van der Waals surface area contributed by atoms with E-state index in [1.807, 2.05) is 12.1 Å². The normalized spacial score (nSPS) is 17.5. The SMILES string of the molecule is Cc1ccc(C(CNCc2ccco2)N2CCOCC2)cc1. The van der Waals surface area contributed by atoms with Crippen molar-refractivity contribution in [3.63, 3.8) is 0 Å². The highest BCUT2D eigenvalue weighted by atomic mass is 16.5. The van der Waals surface area contributed by atoms with Crippen molar-refractivity contribution in [2.75, 3.05) is 32.8 Å². The van der Waals surface area contributed by atoms with Gasteiger partial charge in [-0.25, -0.2) is 0 Å². The van der Waals surface area contributed by atoms with Crippen LogP contribution in [0.4, 0.5) is 0 Å². The first-order valence-corrected chi connectivity index (χ1v) is 7.94. The molecule has 3 rings (SSSR count). The molecular weight excluding hydrogens is 276 g/mol. The molecule has 1 aliphatic heterocycles. The number of rotatable bonds is 6. The minimum atomic E-state index is 0.375. The van der Waals surface area contributed by atoms with Crippen molar-refractivity contribution >= 4 is 0 Å². The predicted molar refractivity (Wildman–Crippen MR) is 86.7 cm³/mol. The number of nitrogens with zero attached hydrogens (tertiary/aromatic N) is 1. The molecule has 1 unspecified atom stereocenters. The van der Waals surface area contributed by atoms with Gasteiger partial charge in [0.05, 0.1) is 26.0 Å². The summed E-state index contributed by atoms with van der Waals surface area (Å²) in [4.78, 5) is 2.50. The highest BCUT2D eigenvalue weighted by Crippen LogP contribution is 2.22. The fourth-order valence-electron chi connectivity index (χ4n) is 2.88. The van der Waals surface area contributed by atoms with E-state index in [0.717, 1.165) is 45.2 Å². The van der Waals surface area contributed by atoms with Crippen LogP contribution in [-0.2, 0) is 11.3 Å². The minimum absolute atomic E-state index is 0.375. The van der Waals surface area contributed by atoms with Crippen molar-refractivity contribution in [1.82, 2.24) is 10.2 Å². The zero-order chi connectivity index (χ0) is 15.2. The molecule has 4 nitrogen and oxygen atoms in total. The number of furan rings is 1. The molecule has 1 saturated heterocycles. The van der Waals surface area contributed by atoms with Gasteiger partial charge in [-0.15, -0.1) is 0 Å². The number of benzene rings is 1. The smallest absolute Gasteiger partial charge is 0.117 e. The van der Waals surface area contributed by atoms with Gasteiger partial charge in [0.2, 0.25) is 0 Å². The maximum absolute atomic E-state index is 5.49. The quantitative estimate of drug-likeness (QED) is 0.890. The lowest BCUT2D eigenvalue weighted by Crippen LogP contribution is -2.42. The molecule has 2 aromatic rings. The van der Waals surface area contributed by atoms with Gasteiger partial charge in [-0.05, 0) is 24.6 Å². The van der Waals surface area contributed by atoms with Gasteiger partial charge in [-0.2, -0.15) is 0 Å². The average molecular weight is 300 g/mol. The fourth-order valence-corrected chi connectivity index (χ4v) is 2.88. The summed E-state index contributed by atoms with van der Waals surface area (Å²) in [5.74, 6) is 0.977. The van der Waals surface area contributed by atoms with E-state index in [1.54, 1.807) is 6.26 Å². The van der Waals surface area contributed by atoms with Crippen molar-refractivity contribution in [3.8, 4) is 0 Å². The molecule has 0 spiro atoms. The molecule has 0 radical (unpaired) electrons. The molecule has 22 heavy (non-hydrogen) atoms. The summed E-state index contributed by atoms with van der Waals surface area (Å²) in [5, 5.41) is 3.52. The van der Waals surface area contributed by atoms with Gasteiger partial charge in [0.25, 0.3) is 0 Å². The highest BCUT2D eigenvalue weighted by molar-refractivity contribution is 5.24. The molecule has 0 amide bonds. The molecule has 0 bridgehead atoms. The van der Waals surface area contributed by atoms with E-state index in [1.165, 1.54) is 11.1 Å². The number of morpholine rings is 1. The van der Waals surface area contributed by atoms with E-state index >= 15 is 0 Å². The molecule has 1 aromatic carbocycles. The first-order valence-electron chi connectivity index (χ1n) is 7.94. The number of nitrogens with one attached hydrogen (secondary N) is 1. The lowest BCUT2D eigenvalue weighted by Gasteiger charge is -2.35. The molecule has 1 N–H and O–H groups in total. The molecule has 1 atom stereocenters. The Bertz CT molecular complexity index is 545. The van der Waals surface area contributed by atoms with Gasteiger partial charge < -0.3 is 14.5 Å². The van der Waals surface area contributed by atoms with Crippen LogP contribution in [0.5, 0.6) is 0 Å². The third-order valence-corrected chi connectivity index (χ3v) is 4.17. The Balaban J connectivity index is 1.66. The number of hydrogen-bond acceptors (Lipinski definition) is 4. The summed E-state index contributed by atoms with van der Waals surface area (Å²) in [7, 11) is 0. The maximum Gasteiger partial charge on any atom is 0.117 e. The second-order valence-electron chi connectivity index (χ2n) is 5.79. The van der Waals surface area contributed by atoms with Crippen LogP contribution in [0.3, 0.4) is 0 Å². The minimum Gasteiger partial charge on any atom is -0.468 e. The van der Waals surface area contributed by atoms with Crippen molar-refractivity contribution in [2.24, 2.45) is 0 Å². The van der Waals surface area contributed by atoms with E-state index < -0.39 is 0 Å². The zero-order valence-corrected chi connectivity index (χ0v) is 13.1. The standard InChI is InChI=1S/C18H24N2O2/c1-15-4-6-16(7-5-15)18(20-8-11-21-12-9-20)14-19-13-17-3-2-10-22-17/h2-7,10,18-19H,8-9,11-14H2,1H3. The highest BCUT2D eigenvalue weighted by Gasteiger charge is 2.22. The third kappa shape index (κ3) is 3.97. The number of ether oxygens (including phenoxy) is 1. The van der Waals surface area contributed by atoms with Gasteiger partial charge in [0.15, 0.2) is 0 Å². The Morgan fingerprint density at radius 3 is 2.59 bits per heavy atom. The van der Waals surface area contributed by atoms with Crippen LogP contribution in [0.1, 0.15) is 22.9 Å². The van der Waals surface area contributed by atoms with Crippen molar-refractivity contribution in [1.29, 1.82) is 0 Å². The van der Waals surface area contributed by atoms with Crippen molar-refractivity contribution in [3.05, 3.63) is 59.5 Å². The van der Waals surface area contributed by atoms with Gasteiger partial charge in [-0.1, -0.05) is 29.8 Å². The summed E-state index contributed by atoms with van der Waals surface area (Å²) in [6.07, 6.45) is 1.72. The summed E-state index contributed by atoms with van der Waals surface area (Å²) < 4.78 is 10.9. The monoisotopic (exact) mass is 300 g/mol. The molecule has 4 heteroatoms. The molecule has 1 aromatic heterocycles. The second-order valence-corrected chi connectivity index (χ2v) is 5.79. The van der Waals surface area contributed by atoms with Gasteiger partial charge >= 0.3 is 0 Å². The maximum atomic E-state index is 5.49. The van der Waals surface area contributed by atoms with Crippen molar-refractivity contribution in [2.45, 2.75) is 19.5 Å². The topological polar surface area (TPSA) is 37.6 Å². The van der Waals surface area contributed by atoms with E-state index in [9.17, 15) is 0 Å². The van der Waals surface area contributed by atoms with Gasteiger partial charge in [-0.3, -0.25) is 4.90 Å². The molecule has 2 heterocycles. The molecule has 118 valence electrons. The first-order chi connectivity index (χ1) is 10.8. The van der Waals surface area contributed by atoms with Crippen LogP contribution >= 0.6 is 0 Å². The van der Waals surface area contributed by atoms with E-state index in [2.05, 4.69) is 41.4 Å². The van der Waals surface area contributed by atoms with E-state index in [-0.39, 0.29) is 0 Å². The molecule has 1 fully saturated rings. The van der Waals surface area contributed by atoms with E-state index in [0.29, 0.717) is 6.04 Å². The summed E-state index contributed by atoms with van der Waals surface area (Å²) in [6, 6.07) is 13.2. The average Bonchev–Trinajstić information content (AvgIpc) is 3.07. The Hall–Kier alpha value is -1.62. The Kier molecular flexibility index (Phi) is 5.27. The summed E-state index contributed by atoms with van der Waals surface area (Å²) >= 11 is 0. The summed E-state index contributed by atoms with van der Waals surface area (Å²) in [6.45, 7) is 7.41. The molecular formula is C18H24N2O2. The Morgan fingerprint density at radius 1 is 1.14 bits per heavy atom. The lowest BCUT2D eigenvalue weighted by atomic mass is 10.0. The van der Waals surface area contributed by atoms with Crippen LogP contribution in [-0.4, -0.2) is 37.7 Å². The van der Waals surface area contributed by atoms with Crippen LogP contribution in [0.15, 0.2) is 47.1 Å². The van der Waals surface area contributed by atoms with Crippen molar-refractivity contribution < 1.29 is 9.15 Å². The van der Waals surface area contributed by atoms with Crippen LogP contribution < -0.4 is 5.32 Å². The van der Waals surface area contributed by atoms with Crippen LogP contribution in [0.25, 0.3) is 0 Å². The van der Waals surface area contributed by atoms with Crippen LogP contribution in [0, 0.1) is 6.92 Å². The fraction of sp³-hybridized carbons (Fsp3) is 0.444. The first kappa shape index (κ1) is 15.3. The largest absolute Gasteiger partial charge is 0.468 e. The van der Waals surface area contributed by atoms with E-state index in [4.69, 9.17) is 9.15 Å². The summed E-state index contributed by atoms with van der Waals surface area (Å²) in [5.41, 5.74) is 2.66. The Morgan fingerprint density at radius 2 is 1.91 bits per heavy atom.